The Kier molecular flexibility index (Phi) is 5.21. The van der Waals surface area contributed by atoms with Gasteiger partial charge in [0.05, 0.1) is 5.52 Å². The number of aromatic nitrogens is 2. The van der Waals surface area contributed by atoms with E-state index in [0.29, 0.717) is 10.8 Å². The van der Waals surface area contributed by atoms with Gasteiger partial charge in [0.1, 0.15) is 12.1 Å². The van der Waals surface area contributed by atoms with Crippen molar-refractivity contribution < 1.29 is 4.79 Å². The van der Waals surface area contributed by atoms with Gasteiger partial charge in [-0.3, -0.25) is 4.79 Å². The number of nitrogens with zero attached hydrogens (tertiary/aromatic N) is 2. The highest BCUT2D eigenvalue weighted by Crippen LogP contribution is 2.28. The summed E-state index contributed by atoms with van der Waals surface area (Å²) in [6, 6.07) is 13.2. The molecule has 5 nitrogen and oxygen atoms in total. The predicted octanol–water partition coefficient (Wildman–Crippen LogP) is 5.55. The fourth-order valence-corrected chi connectivity index (χ4v) is 3.74. The van der Waals surface area contributed by atoms with E-state index in [1.165, 1.54) is 12.7 Å². The van der Waals surface area contributed by atoms with Crippen molar-refractivity contribution in [1.82, 2.24) is 9.97 Å². The summed E-state index contributed by atoms with van der Waals surface area (Å²) in [5.74, 6) is 0.900. The third-order valence-corrected chi connectivity index (χ3v) is 5.20. The van der Waals surface area contributed by atoms with Crippen LogP contribution >= 0.6 is 11.6 Å². The molecular formula is C21H21ClN4O. The molecule has 0 spiro atoms. The normalized spacial score (nSPS) is 14.9. The minimum atomic E-state index is 0.107. The van der Waals surface area contributed by atoms with Gasteiger partial charge in [-0.15, -0.1) is 0 Å². The van der Waals surface area contributed by atoms with Crippen molar-refractivity contribution in [3.05, 3.63) is 53.8 Å². The first-order valence-electron chi connectivity index (χ1n) is 9.27. The molecule has 2 aromatic carbocycles. The molecule has 0 atom stereocenters. The van der Waals surface area contributed by atoms with Gasteiger partial charge < -0.3 is 10.6 Å². The fourth-order valence-electron chi connectivity index (χ4n) is 3.55. The number of fused-ring (bicyclic) bond motifs is 1. The van der Waals surface area contributed by atoms with Crippen molar-refractivity contribution in [3.63, 3.8) is 0 Å². The van der Waals surface area contributed by atoms with Gasteiger partial charge in [-0.25, -0.2) is 9.97 Å². The van der Waals surface area contributed by atoms with E-state index in [0.717, 1.165) is 48.0 Å². The summed E-state index contributed by atoms with van der Waals surface area (Å²) in [6.07, 6.45) is 6.98. The molecule has 1 amide bonds. The van der Waals surface area contributed by atoms with Crippen molar-refractivity contribution >= 4 is 45.6 Å². The minimum Gasteiger partial charge on any atom is -0.340 e. The number of nitrogens with one attached hydrogen (secondary N) is 2. The molecule has 1 saturated carbocycles. The van der Waals surface area contributed by atoms with Gasteiger partial charge in [0, 0.05) is 27.7 Å². The molecule has 0 saturated heterocycles. The monoisotopic (exact) mass is 380 g/mol. The van der Waals surface area contributed by atoms with E-state index in [-0.39, 0.29) is 11.8 Å². The second-order valence-electron chi connectivity index (χ2n) is 6.91. The zero-order chi connectivity index (χ0) is 18.6. The van der Waals surface area contributed by atoms with E-state index in [1.54, 1.807) is 0 Å². The molecule has 0 radical (unpaired) electrons. The molecule has 0 aliphatic heterocycles. The highest BCUT2D eigenvalue weighted by atomic mass is 35.5. The lowest BCUT2D eigenvalue weighted by Gasteiger charge is -2.20. The Hall–Kier alpha value is -2.66. The van der Waals surface area contributed by atoms with Gasteiger partial charge in [0.25, 0.3) is 0 Å². The highest BCUT2D eigenvalue weighted by molar-refractivity contribution is 6.30. The first-order chi connectivity index (χ1) is 13.2. The number of carbonyl (C=O) groups excluding carboxylic acids is 1. The van der Waals surface area contributed by atoms with Gasteiger partial charge >= 0.3 is 0 Å². The van der Waals surface area contributed by atoms with Crippen LogP contribution < -0.4 is 10.6 Å². The Labute approximate surface area is 163 Å². The second-order valence-corrected chi connectivity index (χ2v) is 7.35. The molecule has 1 aromatic heterocycles. The van der Waals surface area contributed by atoms with Crippen molar-refractivity contribution in [2.24, 2.45) is 5.92 Å². The van der Waals surface area contributed by atoms with Crippen LogP contribution in [0.15, 0.2) is 48.8 Å². The van der Waals surface area contributed by atoms with E-state index < -0.39 is 0 Å². The zero-order valence-electron chi connectivity index (χ0n) is 14.9. The van der Waals surface area contributed by atoms with Gasteiger partial charge in [-0.2, -0.15) is 0 Å². The van der Waals surface area contributed by atoms with Crippen LogP contribution in [0.1, 0.15) is 32.1 Å². The number of halogens is 1. The summed E-state index contributed by atoms with van der Waals surface area (Å²) in [7, 11) is 0. The van der Waals surface area contributed by atoms with Gasteiger partial charge in [-0.05, 0) is 49.2 Å². The molecule has 2 N–H and O–H groups in total. The molecule has 0 unspecified atom stereocenters. The van der Waals surface area contributed by atoms with Crippen LogP contribution in [0, 0.1) is 5.92 Å². The number of benzene rings is 2. The van der Waals surface area contributed by atoms with E-state index in [1.807, 2.05) is 42.5 Å². The lowest BCUT2D eigenvalue weighted by molar-refractivity contribution is -0.120. The maximum absolute atomic E-state index is 12.5. The topological polar surface area (TPSA) is 66.9 Å². The molecule has 1 heterocycles. The van der Waals surface area contributed by atoms with Gasteiger partial charge in [0.2, 0.25) is 5.91 Å². The molecule has 3 aromatic rings. The Morgan fingerprint density at radius 3 is 2.67 bits per heavy atom. The van der Waals surface area contributed by atoms with Crippen LogP contribution in [0.2, 0.25) is 5.02 Å². The molecule has 6 heteroatoms. The SMILES string of the molecule is O=C(Nc1ccc2ncnc(Nc3cccc(Cl)c3)c2c1)C1CCCCC1. The lowest BCUT2D eigenvalue weighted by Crippen LogP contribution is -2.24. The predicted molar refractivity (Wildman–Crippen MR) is 109 cm³/mol. The number of amides is 1. The molecule has 27 heavy (non-hydrogen) atoms. The van der Waals surface area contributed by atoms with Crippen LogP contribution in [-0.2, 0) is 4.79 Å². The van der Waals surface area contributed by atoms with Gasteiger partial charge in [-0.1, -0.05) is 36.9 Å². The van der Waals surface area contributed by atoms with Gasteiger partial charge in [0.15, 0.2) is 0 Å². The third-order valence-electron chi connectivity index (χ3n) is 4.97. The number of rotatable bonds is 4. The molecule has 1 aliphatic rings. The molecule has 138 valence electrons. The minimum absolute atomic E-state index is 0.107. The summed E-state index contributed by atoms with van der Waals surface area (Å²) in [5.41, 5.74) is 2.42. The lowest BCUT2D eigenvalue weighted by atomic mass is 9.88. The molecule has 4 rings (SSSR count). The van der Waals surface area contributed by atoms with Crippen molar-refractivity contribution in [1.29, 1.82) is 0 Å². The number of anilines is 3. The van der Waals surface area contributed by atoms with E-state index >= 15 is 0 Å². The Morgan fingerprint density at radius 1 is 1.00 bits per heavy atom. The first-order valence-corrected chi connectivity index (χ1v) is 9.65. The molecular weight excluding hydrogens is 360 g/mol. The third kappa shape index (κ3) is 4.19. The average Bonchev–Trinajstić information content (AvgIpc) is 2.69. The fraction of sp³-hybridized carbons (Fsp3) is 0.286. The smallest absolute Gasteiger partial charge is 0.227 e. The van der Waals surface area contributed by atoms with Crippen LogP contribution in [-0.4, -0.2) is 15.9 Å². The summed E-state index contributed by atoms with van der Waals surface area (Å²) >= 11 is 6.07. The van der Waals surface area contributed by atoms with Crippen molar-refractivity contribution in [3.8, 4) is 0 Å². The first kappa shape index (κ1) is 17.7. The van der Waals surface area contributed by atoms with Crippen molar-refractivity contribution in [2.45, 2.75) is 32.1 Å². The highest BCUT2D eigenvalue weighted by Gasteiger charge is 2.21. The van der Waals surface area contributed by atoms with E-state index in [2.05, 4.69) is 20.6 Å². The summed E-state index contributed by atoms with van der Waals surface area (Å²) < 4.78 is 0. The maximum Gasteiger partial charge on any atom is 0.227 e. The van der Waals surface area contributed by atoms with Crippen LogP contribution in [0.3, 0.4) is 0 Å². The van der Waals surface area contributed by atoms with Crippen LogP contribution in [0.25, 0.3) is 10.9 Å². The zero-order valence-corrected chi connectivity index (χ0v) is 15.7. The maximum atomic E-state index is 12.5. The van der Waals surface area contributed by atoms with Crippen LogP contribution in [0.5, 0.6) is 0 Å². The van der Waals surface area contributed by atoms with Crippen molar-refractivity contribution in [2.75, 3.05) is 10.6 Å². The summed E-state index contributed by atoms with van der Waals surface area (Å²) in [5, 5.41) is 7.84. The number of hydrogen-bond donors (Lipinski definition) is 2. The number of hydrogen-bond acceptors (Lipinski definition) is 4. The standard InChI is InChI=1S/C21H21ClN4O/c22-15-7-4-8-16(11-15)25-20-18-12-17(9-10-19(18)23-13-24-20)26-21(27)14-5-2-1-3-6-14/h4,7-14H,1-3,5-6H2,(H,26,27)(H,23,24,25). The summed E-state index contributed by atoms with van der Waals surface area (Å²) in [6.45, 7) is 0. The van der Waals surface area contributed by atoms with E-state index in [4.69, 9.17) is 11.6 Å². The Morgan fingerprint density at radius 2 is 1.85 bits per heavy atom. The molecule has 1 fully saturated rings. The van der Waals surface area contributed by atoms with Crippen LogP contribution in [0.4, 0.5) is 17.2 Å². The summed E-state index contributed by atoms with van der Waals surface area (Å²) in [4.78, 5) is 21.2. The van der Waals surface area contributed by atoms with E-state index in [9.17, 15) is 4.79 Å². The molecule has 0 bridgehead atoms. The largest absolute Gasteiger partial charge is 0.340 e. The average molecular weight is 381 g/mol. The Bertz CT molecular complexity index is 969. The quantitative estimate of drug-likeness (QED) is 0.623. The Balaban J connectivity index is 1.59. The second kappa shape index (κ2) is 7.92. The number of carbonyl (C=O) groups is 1. The molecule has 1 aliphatic carbocycles.